The molecule has 43 heavy (non-hydrogen) atoms. The number of carbonyl (C=O) groups is 2. The maximum absolute atomic E-state index is 11.5. The highest BCUT2D eigenvalue weighted by Crippen LogP contribution is 2.48. The van der Waals surface area contributed by atoms with E-state index in [0.717, 1.165) is 48.4 Å². The van der Waals surface area contributed by atoms with E-state index < -0.39 is 11.4 Å². The number of aryl methyl sites for hydroxylation is 3. The maximum atomic E-state index is 11.5. The van der Waals surface area contributed by atoms with Crippen molar-refractivity contribution in [3.63, 3.8) is 0 Å². The van der Waals surface area contributed by atoms with Crippen molar-refractivity contribution in [1.82, 2.24) is 4.37 Å². The second kappa shape index (κ2) is 19.5. The zero-order valence-electron chi connectivity index (χ0n) is 26.0. The second-order valence-electron chi connectivity index (χ2n) is 11.1. The van der Waals surface area contributed by atoms with E-state index in [1.807, 2.05) is 49.5 Å². The fourth-order valence-electron chi connectivity index (χ4n) is 5.51. The first-order chi connectivity index (χ1) is 20.9. The van der Waals surface area contributed by atoms with Crippen molar-refractivity contribution < 1.29 is 19.4 Å². The number of hydrogen-bond acceptors (Lipinski definition) is 6. The van der Waals surface area contributed by atoms with E-state index in [1.54, 1.807) is 11.5 Å². The molecule has 0 radical (unpaired) electrons. The number of hydrogen-bond donors (Lipinski definition) is 2. The molecule has 0 spiro atoms. The molecule has 6 nitrogen and oxygen atoms in total. The topological polar surface area (TPSA) is 88.5 Å². The van der Waals surface area contributed by atoms with Gasteiger partial charge in [-0.2, -0.15) is 4.37 Å². The minimum Gasteiger partial charge on any atom is -0.481 e. The van der Waals surface area contributed by atoms with E-state index >= 15 is 0 Å². The summed E-state index contributed by atoms with van der Waals surface area (Å²) < 4.78 is 9.02. The first-order valence-corrected chi connectivity index (χ1v) is 16.1. The number of carboxylic acids is 1. The monoisotopic (exact) mass is 604 g/mol. The van der Waals surface area contributed by atoms with Crippen LogP contribution in [-0.4, -0.2) is 29.0 Å². The Morgan fingerprint density at radius 2 is 1.70 bits per heavy atom. The van der Waals surface area contributed by atoms with Crippen molar-refractivity contribution in [3.8, 4) is 12.8 Å². The minimum atomic E-state index is -0.671. The molecule has 1 unspecified atom stereocenters. The lowest BCUT2D eigenvalue weighted by atomic mass is 9.90. The lowest BCUT2D eigenvalue weighted by molar-refractivity contribution is -0.140. The molecule has 7 heteroatoms. The van der Waals surface area contributed by atoms with Crippen molar-refractivity contribution in [2.75, 3.05) is 12.4 Å². The molecule has 1 heterocycles. The van der Waals surface area contributed by atoms with E-state index in [9.17, 15) is 14.7 Å². The predicted octanol–water partition coefficient (Wildman–Crippen LogP) is 8.37. The van der Waals surface area contributed by atoms with Crippen LogP contribution in [0.2, 0.25) is 0 Å². The number of nitrogens with zero attached hydrogens (tertiary/aromatic N) is 1. The SMILES string of the molecule is C#C.CCCC(CCCCc1snc(C)c1NC)CCCc1ccc(C2(C(=O)O)CC2)cc1.O=COCc1ccccc1. The Morgan fingerprint density at radius 1 is 1.02 bits per heavy atom. The van der Waals surface area contributed by atoms with Crippen LogP contribution in [0.15, 0.2) is 54.6 Å². The molecular formula is C36H48N2O4S. The van der Waals surface area contributed by atoms with Crippen molar-refractivity contribution in [2.24, 2.45) is 5.92 Å². The van der Waals surface area contributed by atoms with Gasteiger partial charge in [-0.05, 0) is 79.6 Å². The van der Waals surface area contributed by atoms with Gasteiger partial charge in [0.25, 0.3) is 6.47 Å². The van der Waals surface area contributed by atoms with Gasteiger partial charge in [0, 0.05) is 11.9 Å². The number of unbranched alkanes of at least 4 members (excludes halogenated alkanes) is 1. The summed E-state index contributed by atoms with van der Waals surface area (Å²) in [5.41, 5.74) is 5.09. The van der Waals surface area contributed by atoms with Crippen molar-refractivity contribution in [2.45, 2.75) is 96.5 Å². The number of carboxylic acid groups (broad SMARTS) is 1. The van der Waals surface area contributed by atoms with Crippen LogP contribution in [-0.2, 0) is 39.2 Å². The van der Waals surface area contributed by atoms with Gasteiger partial charge in [0.15, 0.2) is 0 Å². The minimum absolute atomic E-state index is 0.365. The number of anilines is 1. The molecule has 1 aliphatic carbocycles. The number of rotatable bonds is 17. The largest absolute Gasteiger partial charge is 0.481 e. The average Bonchev–Trinajstić information content (AvgIpc) is 3.78. The number of ether oxygens (including phenoxy) is 1. The summed E-state index contributed by atoms with van der Waals surface area (Å²) in [5.74, 6) is 0.147. The predicted molar refractivity (Wildman–Crippen MR) is 177 cm³/mol. The third-order valence-corrected chi connectivity index (χ3v) is 9.04. The summed E-state index contributed by atoms with van der Waals surface area (Å²) in [6, 6.07) is 17.9. The second-order valence-corrected chi connectivity index (χ2v) is 11.9. The van der Waals surface area contributed by atoms with Crippen LogP contribution >= 0.6 is 11.5 Å². The van der Waals surface area contributed by atoms with Gasteiger partial charge in [-0.1, -0.05) is 93.6 Å². The maximum Gasteiger partial charge on any atom is 0.314 e. The summed E-state index contributed by atoms with van der Waals surface area (Å²) in [6.45, 7) is 5.19. The van der Waals surface area contributed by atoms with Gasteiger partial charge in [0.1, 0.15) is 6.61 Å². The molecule has 0 aliphatic heterocycles. The smallest absolute Gasteiger partial charge is 0.314 e. The van der Waals surface area contributed by atoms with E-state index in [1.165, 1.54) is 61.1 Å². The third-order valence-electron chi connectivity index (χ3n) is 8.05. The lowest BCUT2D eigenvalue weighted by Crippen LogP contribution is -2.19. The Morgan fingerprint density at radius 3 is 2.28 bits per heavy atom. The summed E-state index contributed by atoms with van der Waals surface area (Å²) in [4.78, 5) is 22.6. The van der Waals surface area contributed by atoms with E-state index in [0.29, 0.717) is 13.1 Å². The van der Waals surface area contributed by atoms with Crippen LogP contribution in [0.3, 0.4) is 0 Å². The van der Waals surface area contributed by atoms with E-state index in [4.69, 9.17) is 0 Å². The molecule has 0 saturated heterocycles. The molecule has 2 N–H and O–H groups in total. The molecule has 2 aromatic carbocycles. The Bertz CT molecular complexity index is 1230. The Hall–Kier alpha value is -3.63. The van der Waals surface area contributed by atoms with Crippen molar-refractivity contribution in [3.05, 3.63) is 81.9 Å². The van der Waals surface area contributed by atoms with Crippen LogP contribution in [0.5, 0.6) is 0 Å². The molecule has 3 aromatic rings. The highest BCUT2D eigenvalue weighted by molar-refractivity contribution is 7.06. The van der Waals surface area contributed by atoms with Crippen LogP contribution in [0, 0.1) is 25.7 Å². The van der Waals surface area contributed by atoms with Gasteiger partial charge in [0.05, 0.1) is 16.8 Å². The Labute approximate surface area is 262 Å². The summed E-state index contributed by atoms with van der Waals surface area (Å²) in [7, 11) is 1.99. The quantitative estimate of drug-likeness (QED) is 0.0914. The molecule has 1 aromatic heterocycles. The zero-order valence-corrected chi connectivity index (χ0v) is 26.8. The normalized spacial score (nSPS) is 13.3. The number of benzene rings is 2. The number of aromatic nitrogens is 1. The van der Waals surface area contributed by atoms with Gasteiger partial charge >= 0.3 is 5.97 Å². The molecule has 4 rings (SSSR count). The molecule has 0 amide bonds. The number of nitrogens with one attached hydrogen (secondary N) is 1. The van der Waals surface area contributed by atoms with Crippen LogP contribution in [0.4, 0.5) is 5.69 Å². The van der Waals surface area contributed by atoms with Crippen LogP contribution < -0.4 is 5.32 Å². The first-order valence-electron chi connectivity index (χ1n) is 15.3. The van der Waals surface area contributed by atoms with Gasteiger partial charge in [0.2, 0.25) is 0 Å². The Balaban J connectivity index is 0.000000451. The Kier molecular flexibility index (Phi) is 16.2. The van der Waals surface area contributed by atoms with Crippen LogP contribution in [0.25, 0.3) is 0 Å². The number of aliphatic carboxylic acids is 1. The van der Waals surface area contributed by atoms with Crippen molar-refractivity contribution >= 4 is 29.7 Å². The zero-order chi connectivity index (χ0) is 31.5. The number of carbonyl (C=O) groups excluding carboxylic acids is 1. The van der Waals surface area contributed by atoms with Crippen molar-refractivity contribution in [1.29, 1.82) is 0 Å². The fourth-order valence-corrected chi connectivity index (χ4v) is 6.42. The summed E-state index contributed by atoms with van der Waals surface area (Å²) in [6.07, 6.45) is 20.7. The molecule has 1 fully saturated rings. The fraction of sp³-hybridized carbons (Fsp3) is 0.472. The summed E-state index contributed by atoms with van der Waals surface area (Å²) >= 11 is 1.64. The molecule has 1 aliphatic rings. The van der Waals surface area contributed by atoms with Gasteiger partial charge in [-0.3, -0.25) is 9.59 Å². The standard InChI is InChI=1S/C26H38N2O2S.C8H8O2.C2H2/c1-4-8-20(9-5-6-12-23-24(27-3)19(2)28-31-23)10-7-11-21-13-15-22(16-14-21)26(17-18-26)25(29)30;9-7-10-6-8-4-2-1-3-5-8;1-2/h13-16,20,27H,4-12,17-18H2,1-3H3,(H,29,30);1-5,7H,6H2;1-2H. The van der Waals surface area contributed by atoms with E-state index in [-0.39, 0.29) is 0 Å². The molecule has 1 atom stereocenters. The average molecular weight is 605 g/mol. The highest BCUT2D eigenvalue weighted by Gasteiger charge is 2.51. The molecule has 232 valence electrons. The van der Waals surface area contributed by atoms with Gasteiger partial charge in [-0.15, -0.1) is 12.8 Å². The lowest BCUT2D eigenvalue weighted by Gasteiger charge is -2.16. The first kappa shape index (κ1) is 35.6. The number of terminal acetylenes is 1. The molecule has 0 bridgehead atoms. The molecule has 1 saturated carbocycles. The van der Waals surface area contributed by atoms with Gasteiger partial charge in [-0.25, -0.2) is 0 Å². The van der Waals surface area contributed by atoms with E-state index in [2.05, 4.69) is 53.3 Å². The third kappa shape index (κ3) is 11.5. The summed E-state index contributed by atoms with van der Waals surface area (Å²) in [5, 5.41) is 12.8. The molecular weight excluding hydrogens is 556 g/mol. The highest BCUT2D eigenvalue weighted by atomic mass is 32.1. The van der Waals surface area contributed by atoms with Crippen LogP contribution in [0.1, 0.15) is 92.0 Å². The van der Waals surface area contributed by atoms with Gasteiger partial charge < -0.3 is 15.2 Å².